The third-order valence-corrected chi connectivity index (χ3v) is 4.23. The van der Waals surface area contributed by atoms with Crippen LogP contribution in [0.3, 0.4) is 0 Å². The molecule has 128 valence electrons. The lowest BCUT2D eigenvalue weighted by molar-refractivity contribution is -0.122. The van der Waals surface area contributed by atoms with Crippen molar-refractivity contribution in [1.29, 1.82) is 5.26 Å². The highest BCUT2D eigenvalue weighted by Gasteiger charge is 2.21. The number of carbonyl (C=O) groups excluding carboxylic acids is 2. The van der Waals surface area contributed by atoms with Gasteiger partial charge in [0.05, 0.1) is 17.1 Å². The molecule has 1 fully saturated rings. The first kappa shape index (κ1) is 18.0. The highest BCUT2D eigenvalue weighted by atomic mass is 35.5. The zero-order valence-corrected chi connectivity index (χ0v) is 14.2. The molecule has 24 heavy (non-hydrogen) atoms. The largest absolute Gasteiger partial charge is 0.358 e. The van der Waals surface area contributed by atoms with Crippen LogP contribution in [0.5, 0.6) is 0 Å². The Hall–Kier alpha value is -2.30. The van der Waals surface area contributed by atoms with Crippen molar-refractivity contribution in [3.05, 3.63) is 28.8 Å². The maximum absolute atomic E-state index is 12.0. The van der Waals surface area contributed by atoms with Crippen LogP contribution in [0.1, 0.15) is 18.4 Å². The van der Waals surface area contributed by atoms with Gasteiger partial charge in [-0.25, -0.2) is 4.79 Å². The van der Waals surface area contributed by atoms with E-state index in [9.17, 15) is 9.59 Å². The summed E-state index contributed by atoms with van der Waals surface area (Å²) in [7, 11) is 1.62. The van der Waals surface area contributed by atoms with E-state index in [4.69, 9.17) is 16.9 Å². The number of rotatable bonds is 4. The molecule has 0 bridgehead atoms. The van der Waals surface area contributed by atoms with E-state index in [0.29, 0.717) is 22.8 Å². The molecule has 3 N–H and O–H groups in total. The van der Waals surface area contributed by atoms with Gasteiger partial charge in [0.2, 0.25) is 5.91 Å². The van der Waals surface area contributed by atoms with Gasteiger partial charge in [0.1, 0.15) is 6.07 Å². The molecule has 1 aliphatic heterocycles. The molecule has 3 amide bonds. The lowest BCUT2D eigenvalue weighted by Gasteiger charge is -2.31. The lowest BCUT2D eigenvalue weighted by atomic mass is 10.1. The Morgan fingerprint density at radius 3 is 2.67 bits per heavy atom. The second-order valence-electron chi connectivity index (χ2n) is 5.63. The summed E-state index contributed by atoms with van der Waals surface area (Å²) < 4.78 is 0. The Morgan fingerprint density at radius 1 is 1.38 bits per heavy atom. The van der Waals surface area contributed by atoms with Crippen LogP contribution in [0.15, 0.2) is 18.2 Å². The van der Waals surface area contributed by atoms with Crippen molar-refractivity contribution in [2.24, 2.45) is 0 Å². The third-order valence-electron chi connectivity index (χ3n) is 3.92. The summed E-state index contributed by atoms with van der Waals surface area (Å²) >= 11 is 5.94. The predicted octanol–water partition coefficient (Wildman–Crippen LogP) is 1.54. The molecule has 1 aliphatic rings. The van der Waals surface area contributed by atoms with Gasteiger partial charge >= 0.3 is 6.03 Å². The van der Waals surface area contributed by atoms with Gasteiger partial charge in [-0.15, -0.1) is 0 Å². The second kappa shape index (κ2) is 8.52. The summed E-state index contributed by atoms with van der Waals surface area (Å²) in [5, 5.41) is 17.4. The number of nitrogens with one attached hydrogen (secondary N) is 3. The van der Waals surface area contributed by atoms with Crippen LogP contribution in [0, 0.1) is 11.3 Å². The number of likely N-dealkylation sites (tertiary alicyclic amines) is 1. The molecule has 0 unspecified atom stereocenters. The molecule has 0 spiro atoms. The Bertz CT molecular complexity index is 650. The molecular formula is C16H20ClN5O2. The van der Waals surface area contributed by atoms with Crippen molar-refractivity contribution in [3.63, 3.8) is 0 Å². The molecule has 8 heteroatoms. The zero-order valence-electron chi connectivity index (χ0n) is 13.4. The fourth-order valence-corrected chi connectivity index (χ4v) is 2.78. The normalized spacial score (nSPS) is 15.4. The van der Waals surface area contributed by atoms with Crippen LogP contribution in [0.2, 0.25) is 5.02 Å². The summed E-state index contributed by atoms with van der Waals surface area (Å²) in [6.07, 6.45) is 1.58. The zero-order chi connectivity index (χ0) is 17.5. The smallest absolute Gasteiger partial charge is 0.319 e. The van der Waals surface area contributed by atoms with E-state index in [1.165, 1.54) is 0 Å². The minimum atomic E-state index is -0.305. The summed E-state index contributed by atoms with van der Waals surface area (Å²) in [4.78, 5) is 25.5. The Balaban J connectivity index is 1.78. The number of nitrogens with zero attached hydrogens (tertiary/aromatic N) is 2. The third kappa shape index (κ3) is 5.11. The van der Waals surface area contributed by atoms with Crippen LogP contribution < -0.4 is 16.0 Å². The quantitative estimate of drug-likeness (QED) is 0.768. The summed E-state index contributed by atoms with van der Waals surface area (Å²) in [6, 6.07) is 6.48. The first-order chi connectivity index (χ1) is 11.5. The predicted molar refractivity (Wildman–Crippen MR) is 91.9 cm³/mol. The van der Waals surface area contributed by atoms with Gasteiger partial charge < -0.3 is 16.0 Å². The fourth-order valence-electron chi connectivity index (χ4n) is 2.55. The number of carbonyl (C=O) groups is 2. The summed E-state index contributed by atoms with van der Waals surface area (Å²) in [5.41, 5.74) is 0.902. The number of hydrogen-bond donors (Lipinski definition) is 3. The number of anilines is 1. The SMILES string of the molecule is CNC(=O)CN1CCC(NC(=O)Nc2ccc(C#N)c(Cl)c2)CC1. The minimum absolute atomic E-state index is 0.00292. The Morgan fingerprint density at radius 2 is 2.08 bits per heavy atom. The van der Waals surface area contributed by atoms with Crippen molar-refractivity contribution in [2.75, 3.05) is 32.0 Å². The minimum Gasteiger partial charge on any atom is -0.358 e. The topological polar surface area (TPSA) is 97.3 Å². The van der Waals surface area contributed by atoms with Crippen LogP contribution in [0.25, 0.3) is 0 Å². The maximum Gasteiger partial charge on any atom is 0.319 e. The van der Waals surface area contributed by atoms with E-state index in [1.807, 2.05) is 6.07 Å². The number of likely N-dealkylation sites (N-methyl/N-ethyl adjacent to an activating group) is 1. The number of amides is 3. The molecule has 0 saturated carbocycles. The molecule has 1 aromatic rings. The number of hydrogen-bond acceptors (Lipinski definition) is 4. The first-order valence-electron chi connectivity index (χ1n) is 7.72. The number of benzene rings is 1. The maximum atomic E-state index is 12.0. The molecule has 2 rings (SSSR count). The lowest BCUT2D eigenvalue weighted by Crippen LogP contribution is -2.48. The van der Waals surface area contributed by atoms with Gasteiger partial charge in [0, 0.05) is 31.9 Å². The fraction of sp³-hybridized carbons (Fsp3) is 0.438. The van der Waals surface area contributed by atoms with E-state index >= 15 is 0 Å². The molecular weight excluding hydrogens is 330 g/mol. The molecule has 0 aromatic heterocycles. The van der Waals surface area contributed by atoms with Gasteiger partial charge in [-0.1, -0.05) is 11.6 Å². The van der Waals surface area contributed by atoms with Gasteiger partial charge in [0.15, 0.2) is 0 Å². The molecule has 1 saturated heterocycles. The van der Waals surface area contributed by atoms with Gasteiger partial charge in [-0.3, -0.25) is 9.69 Å². The molecule has 0 radical (unpaired) electrons. The molecule has 1 heterocycles. The highest BCUT2D eigenvalue weighted by Crippen LogP contribution is 2.20. The summed E-state index contributed by atoms with van der Waals surface area (Å²) in [5.74, 6) is -0.00292. The standard InChI is InChI=1S/C16H20ClN5O2/c1-19-15(23)10-22-6-4-12(5-7-22)20-16(24)21-13-3-2-11(9-18)14(17)8-13/h2-3,8,12H,4-7,10H2,1H3,(H,19,23)(H2,20,21,24). The molecule has 1 aromatic carbocycles. The number of halogens is 1. The van der Waals surface area contributed by atoms with Crippen molar-refractivity contribution < 1.29 is 9.59 Å². The summed E-state index contributed by atoms with van der Waals surface area (Å²) in [6.45, 7) is 1.92. The van der Waals surface area contributed by atoms with Crippen LogP contribution >= 0.6 is 11.6 Å². The number of nitriles is 1. The van der Waals surface area contributed by atoms with Crippen molar-refractivity contribution >= 4 is 29.2 Å². The van der Waals surface area contributed by atoms with E-state index < -0.39 is 0 Å². The van der Waals surface area contributed by atoms with E-state index in [1.54, 1.807) is 25.2 Å². The number of piperidine rings is 1. The van der Waals surface area contributed by atoms with Crippen LogP contribution in [-0.4, -0.2) is 49.6 Å². The van der Waals surface area contributed by atoms with E-state index in [-0.39, 0.29) is 18.0 Å². The Labute approximate surface area is 146 Å². The molecule has 0 atom stereocenters. The van der Waals surface area contributed by atoms with Crippen LogP contribution in [0.4, 0.5) is 10.5 Å². The number of urea groups is 1. The van der Waals surface area contributed by atoms with Gasteiger partial charge in [-0.2, -0.15) is 5.26 Å². The van der Waals surface area contributed by atoms with Crippen molar-refractivity contribution in [3.8, 4) is 6.07 Å². The highest BCUT2D eigenvalue weighted by molar-refractivity contribution is 6.32. The first-order valence-corrected chi connectivity index (χ1v) is 8.09. The van der Waals surface area contributed by atoms with Gasteiger partial charge in [-0.05, 0) is 31.0 Å². The monoisotopic (exact) mass is 349 g/mol. The molecule has 0 aliphatic carbocycles. The van der Waals surface area contributed by atoms with E-state index in [2.05, 4.69) is 20.9 Å². The van der Waals surface area contributed by atoms with Crippen molar-refractivity contribution in [1.82, 2.24) is 15.5 Å². The van der Waals surface area contributed by atoms with E-state index in [0.717, 1.165) is 25.9 Å². The van der Waals surface area contributed by atoms with Crippen LogP contribution in [-0.2, 0) is 4.79 Å². The van der Waals surface area contributed by atoms with Gasteiger partial charge in [0.25, 0.3) is 0 Å². The average Bonchev–Trinajstić information content (AvgIpc) is 2.56. The van der Waals surface area contributed by atoms with Crippen molar-refractivity contribution in [2.45, 2.75) is 18.9 Å². The second-order valence-corrected chi connectivity index (χ2v) is 6.04. The Kier molecular flexibility index (Phi) is 6.41. The molecule has 7 nitrogen and oxygen atoms in total. The average molecular weight is 350 g/mol.